The van der Waals surface area contributed by atoms with Gasteiger partial charge < -0.3 is 13.9 Å². The number of hydrogen-bond donors (Lipinski definition) is 0. The zero-order valence-corrected chi connectivity index (χ0v) is 36.3. The molecule has 0 aliphatic heterocycles. The van der Waals surface area contributed by atoms with Gasteiger partial charge in [-0.15, -0.1) is 29.7 Å². The van der Waals surface area contributed by atoms with E-state index in [2.05, 4.69) is 165 Å². The van der Waals surface area contributed by atoms with Gasteiger partial charge in [-0.3, -0.25) is 4.57 Å². The molecule has 3 heterocycles. The topological polar surface area (TPSA) is 35.9 Å². The first kappa shape index (κ1) is 39.8. The third kappa shape index (κ3) is 7.80. The molecule has 0 N–H and O–H groups in total. The second-order valence-electron chi connectivity index (χ2n) is 15.9. The Kier molecular flexibility index (Phi) is 11.2. The molecule has 6 heteroatoms. The van der Waals surface area contributed by atoms with Crippen LogP contribution in [0.4, 0.5) is 0 Å². The van der Waals surface area contributed by atoms with E-state index < -0.39 is 0 Å². The smallest absolute Gasteiger partial charge is 0.267 e. The van der Waals surface area contributed by atoms with Crippen LogP contribution in [0.5, 0.6) is 11.5 Å². The van der Waals surface area contributed by atoms with Crippen LogP contribution in [0, 0.1) is 18.5 Å². The molecule has 9 rings (SSSR count). The molecule has 6 aromatic carbocycles. The van der Waals surface area contributed by atoms with E-state index in [1.165, 1.54) is 16.5 Å². The molecular weight excluding hydrogens is 904 g/mol. The van der Waals surface area contributed by atoms with Gasteiger partial charge in [0, 0.05) is 56.7 Å². The van der Waals surface area contributed by atoms with Gasteiger partial charge in [-0.2, -0.15) is 18.2 Å². The first-order chi connectivity index (χ1) is 28.3. The minimum absolute atomic E-state index is 0. The van der Waals surface area contributed by atoms with Crippen LogP contribution < -0.4 is 9.30 Å². The predicted molar refractivity (Wildman–Crippen MR) is 235 cm³/mol. The van der Waals surface area contributed by atoms with E-state index in [0.29, 0.717) is 17.4 Å². The minimum Gasteiger partial charge on any atom is -0.510 e. The fourth-order valence-corrected chi connectivity index (χ4v) is 8.09. The molecule has 0 aliphatic rings. The molecular formula is C53H46N4OPt-2. The van der Waals surface area contributed by atoms with Gasteiger partial charge in [0.2, 0.25) is 0 Å². The number of hydrogen-bond acceptors (Lipinski definition) is 2. The van der Waals surface area contributed by atoms with Gasteiger partial charge in [0.25, 0.3) is 6.33 Å². The Balaban J connectivity index is 0.00000484. The zero-order chi connectivity index (χ0) is 39.8. The number of fused-ring (bicyclic) bond motifs is 3. The molecule has 0 spiro atoms. The van der Waals surface area contributed by atoms with Crippen molar-refractivity contribution in [2.45, 2.75) is 58.8 Å². The van der Waals surface area contributed by atoms with Gasteiger partial charge in [0.15, 0.2) is 0 Å². The standard InChI is InChI=1S/C53H46N4O.Pt/c1-6-37(7-2)40-28-29-54-51(32-40)57-49-27-24-41(53(3,4)5)33-48(49)47-26-25-44(35-50(47)57)58-43-21-14-20-42(34-43)55-30-31-56(36-55)52-45(38-16-10-8-11-17-38)22-15-23-46(52)39-18-12-9-13-19-39;/h8-33,37H,6-7H2,1-5H3;/q-2;. The maximum Gasteiger partial charge on any atom is 0.267 e. The van der Waals surface area contributed by atoms with E-state index >= 15 is 0 Å². The molecule has 0 bridgehead atoms. The molecule has 296 valence electrons. The predicted octanol–water partition coefficient (Wildman–Crippen LogP) is 13.0. The Morgan fingerprint density at radius 1 is 0.695 bits per heavy atom. The summed E-state index contributed by atoms with van der Waals surface area (Å²) in [6, 6.07) is 55.9. The van der Waals surface area contributed by atoms with Crippen molar-refractivity contribution in [3.05, 3.63) is 188 Å². The Morgan fingerprint density at radius 3 is 2.05 bits per heavy atom. The van der Waals surface area contributed by atoms with Crippen molar-refractivity contribution in [3.8, 4) is 50.9 Å². The first-order valence-electron chi connectivity index (χ1n) is 20.2. The zero-order valence-electron chi connectivity index (χ0n) is 34.0. The summed E-state index contributed by atoms with van der Waals surface area (Å²) in [6.07, 6.45) is 11.7. The van der Waals surface area contributed by atoms with Crippen molar-refractivity contribution in [2.75, 3.05) is 0 Å². The van der Waals surface area contributed by atoms with Crippen molar-refractivity contribution in [3.63, 3.8) is 0 Å². The maximum atomic E-state index is 6.58. The number of rotatable bonds is 10. The Bertz CT molecular complexity index is 2830. The Hall–Kier alpha value is -6.03. The molecule has 59 heavy (non-hydrogen) atoms. The number of imidazole rings is 1. The average molecular weight is 950 g/mol. The summed E-state index contributed by atoms with van der Waals surface area (Å²) in [5.41, 5.74) is 11.0. The van der Waals surface area contributed by atoms with E-state index in [4.69, 9.17) is 9.72 Å². The number of nitrogens with zero attached hydrogens (tertiary/aromatic N) is 4. The van der Waals surface area contributed by atoms with Gasteiger partial charge in [-0.05, 0) is 86.8 Å². The van der Waals surface area contributed by atoms with Gasteiger partial charge in [0.05, 0.1) is 5.69 Å². The monoisotopic (exact) mass is 949 g/mol. The SMILES string of the molecule is CCC(CC)c1ccnc(-n2c3[c-]c(Oc4[c-]c(-n5[c-][n+](-c6c(-c7ccccc7)cccc6-c6ccccc6)cc5)ccc4)ccc3c3cc(C(C)(C)C)ccc32)c1.[Pt]. The summed E-state index contributed by atoms with van der Waals surface area (Å²) in [5.74, 6) is 2.55. The van der Waals surface area contributed by atoms with Gasteiger partial charge in [-0.1, -0.05) is 131 Å². The van der Waals surface area contributed by atoms with Crippen LogP contribution in [-0.4, -0.2) is 14.1 Å². The molecule has 0 saturated heterocycles. The molecule has 0 saturated carbocycles. The van der Waals surface area contributed by atoms with Crippen molar-refractivity contribution in [1.29, 1.82) is 0 Å². The summed E-state index contributed by atoms with van der Waals surface area (Å²) in [5, 5.41) is 2.28. The average Bonchev–Trinajstić information content (AvgIpc) is 3.87. The summed E-state index contributed by atoms with van der Waals surface area (Å²) in [7, 11) is 0. The molecule has 0 aliphatic carbocycles. The van der Waals surface area contributed by atoms with E-state index in [1.807, 2.05) is 59.6 Å². The largest absolute Gasteiger partial charge is 0.510 e. The van der Waals surface area contributed by atoms with Crippen molar-refractivity contribution >= 4 is 21.8 Å². The van der Waals surface area contributed by atoms with Crippen LogP contribution >= 0.6 is 0 Å². The fraction of sp³-hybridized carbons (Fsp3) is 0.170. The number of para-hydroxylation sites is 1. The Labute approximate surface area is 361 Å². The quantitative estimate of drug-likeness (QED) is 0.101. The normalized spacial score (nSPS) is 11.6. The first-order valence-corrected chi connectivity index (χ1v) is 20.2. The van der Waals surface area contributed by atoms with E-state index in [9.17, 15) is 0 Å². The van der Waals surface area contributed by atoms with Crippen molar-refractivity contribution < 1.29 is 30.4 Å². The second-order valence-corrected chi connectivity index (χ2v) is 15.9. The van der Waals surface area contributed by atoms with E-state index in [0.717, 1.165) is 68.7 Å². The second kappa shape index (κ2) is 16.7. The van der Waals surface area contributed by atoms with Crippen molar-refractivity contribution in [2.24, 2.45) is 0 Å². The van der Waals surface area contributed by atoms with Gasteiger partial charge in [-0.25, -0.2) is 4.98 Å². The summed E-state index contributed by atoms with van der Waals surface area (Å²) in [6.45, 7) is 11.3. The molecule has 5 nitrogen and oxygen atoms in total. The number of aromatic nitrogens is 4. The third-order valence-corrected chi connectivity index (χ3v) is 11.2. The van der Waals surface area contributed by atoms with Crippen LogP contribution in [-0.2, 0) is 26.5 Å². The van der Waals surface area contributed by atoms with Gasteiger partial charge in [0.1, 0.15) is 5.82 Å². The van der Waals surface area contributed by atoms with Crippen LogP contribution in [0.15, 0.2) is 158 Å². The Morgan fingerprint density at radius 2 is 1.37 bits per heavy atom. The summed E-state index contributed by atoms with van der Waals surface area (Å²) in [4.78, 5) is 4.92. The molecule has 9 aromatic rings. The molecule has 0 fully saturated rings. The van der Waals surface area contributed by atoms with Gasteiger partial charge >= 0.3 is 0 Å². The molecule has 0 radical (unpaired) electrons. The molecule has 3 aromatic heterocycles. The summed E-state index contributed by atoms with van der Waals surface area (Å²) < 4.78 is 12.8. The minimum atomic E-state index is 0. The molecule has 0 atom stereocenters. The fourth-order valence-electron chi connectivity index (χ4n) is 8.09. The van der Waals surface area contributed by atoms with E-state index in [-0.39, 0.29) is 26.5 Å². The van der Waals surface area contributed by atoms with Crippen LogP contribution in [0.3, 0.4) is 0 Å². The van der Waals surface area contributed by atoms with Crippen LogP contribution in [0.2, 0.25) is 0 Å². The van der Waals surface area contributed by atoms with E-state index in [1.54, 1.807) is 0 Å². The molecule has 0 amide bonds. The molecule has 0 unspecified atom stereocenters. The maximum absolute atomic E-state index is 6.58. The van der Waals surface area contributed by atoms with Crippen molar-refractivity contribution in [1.82, 2.24) is 14.1 Å². The number of benzene rings is 6. The third-order valence-electron chi connectivity index (χ3n) is 11.2. The van der Waals surface area contributed by atoms with Crippen LogP contribution in [0.25, 0.3) is 61.3 Å². The number of ether oxygens (including phenoxy) is 1. The van der Waals surface area contributed by atoms with Crippen LogP contribution in [0.1, 0.15) is 64.5 Å². The number of pyridine rings is 1. The summed E-state index contributed by atoms with van der Waals surface area (Å²) >= 11 is 0.